The van der Waals surface area contributed by atoms with Crippen LogP contribution in [0.3, 0.4) is 0 Å². The molecule has 0 aromatic rings. The van der Waals surface area contributed by atoms with E-state index in [1.54, 1.807) is 6.08 Å². The molecule has 0 aliphatic carbocycles. The van der Waals surface area contributed by atoms with Crippen LogP contribution in [0.2, 0.25) is 0 Å². The van der Waals surface area contributed by atoms with Crippen molar-refractivity contribution in [1.29, 1.82) is 0 Å². The van der Waals surface area contributed by atoms with Crippen LogP contribution in [0.25, 0.3) is 0 Å². The number of carbonyl (C=O) groups is 1. The van der Waals surface area contributed by atoms with Gasteiger partial charge in [-0.1, -0.05) is 11.6 Å². The Bertz CT molecular complexity index is 183. The van der Waals surface area contributed by atoms with Crippen LogP contribution in [-0.4, -0.2) is 18.5 Å². The third kappa shape index (κ3) is 1.64. The van der Waals surface area contributed by atoms with Crippen LogP contribution in [0.15, 0.2) is 16.1 Å². The molecule has 0 aromatic carbocycles. The zero-order chi connectivity index (χ0) is 6.69. The molecule has 2 nitrogen and oxygen atoms in total. The highest BCUT2D eigenvalue weighted by Gasteiger charge is 2.01. The summed E-state index contributed by atoms with van der Waals surface area (Å²) in [6, 6.07) is 0. The first kappa shape index (κ1) is 6.49. The monoisotopic (exact) mass is 143 g/mol. The molecule has 0 saturated carbocycles. The lowest BCUT2D eigenvalue weighted by atomic mass is 10.2. The van der Waals surface area contributed by atoms with Crippen LogP contribution in [0.4, 0.5) is 0 Å². The normalized spacial score (nSPS) is 18.3. The fraction of sp³-hybridized carbons (Fsp3) is 0.333. The average molecular weight is 144 g/mol. The number of carbonyl (C=O) groups excluding carboxylic acids is 1. The fourth-order valence-electron chi connectivity index (χ4n) is 0.641. The van der Waals surface area contributed by atoms with Crippen molar-refractivity contribution in [2.45, 2.75) is 6.42 Å². The second kappa shape index (κ2) is 2.78. The number of dihydropyridines is 1. The Morgan fingerprint density at radius 1 is 1.78 bits per heavy atom. The summed E-state index contributed by atoms with van der Waals surface area (Å²) in [5.74, 6) is 0. The lowest BCUT2D eigenvalue weighted by Crippen LogP contribution is -2.02. The molecule has 9 heavy (non-hydrogen) atoms. The maximum atomic E-state index is 10.1. The molecule has 1 rings (SSSR count). The van der Waals surface area contributed by atoms with Crippen molar-refractivity contribution < 1.29 is 4.79 Å². The first-order chi connectivity index (χ1) is 4.33. The van der Waals surface area contributed by atoms with Gasteiger partial charge in [-0.05, 0) is 6.08 Å². The Balaban J connectivity index is 2.74. The van der Waals surface area contributed by atoms with Gasteiger partial charge in [-0.3, -0.25) is 9.79 Å². The molecule has 1 heterocycles. The minimum atomic E-state index is 0.450. The Morgan fingerprint density at radius 2 is 2.56 bits per heavy atom. The van der Waals surface area contributed by atoms with Crippen molar-refractivity contribution in [2.24, 2.45) is 4.99 Å². The van der Waals surface area contributed by atoms with Crippen molar-refractivity contribution in [1.82, 2.24) is 0 Å². The van der Waals surface area contributed by atoms with Crippen molar-refractivity contribution in [3.05, 3.63) is 11.1 Å². The number of rotatable bonds is 1. The fourth-order valence-corrected chi connectivity index (χ4v) is 0.838. The summed E-state index contributed by atoms with van der Waals surface area (Å²) in [6.07, 6.45) is 3.07. The first-order valence-corrected chi connectivity index (χ1v) is 3.06. The molecule has 3 heteroatoms. The minimum Gasteiger partial charge on any atom is -0.296 e. The number of halogens is 1. The summed E-state index contributed by atoms with van der Waals surface area (Å²) in [4.78, 5) is 14.0. The maximum Gasteiger partial charge on any atom is 0.168 e. The van der Waals surface area contributed by atoms with E-state index in [4.69, 9.17) is 11.6 Å². The van der Waals surface area contributed by atoms with Gasteiger partial charge in [-0.2, -0.15) is 0 Å². The number of hydrogen-bond acceptors (Lipinski definition) is 2. The first-order valence-electron chi connectivity index (χ1n) is 2.68. The van der Waals surface area contributed by atoms with Gasteiger partial charge >= 0.3 is 0 Å². The lowest BCUT2D eigenvalue weighted by molar-refractivity contribution is -0.102. The highest BCUT2D eigenvalue weighted by atomic mass is 35.5. The summed E-state index contributed by atoms with van der Waals surface area (Å²) in [5.41, 5.74) is 0.450. The predicted molar refractivity (Wildman–Crippen MR) is 36.9 cm³/mol. The molecule has 0 unspecified atom stereocenters. The second-order valence-corrected chi connectivity index (χ2v) is 2.25. The molecule has 0 aromatic heterocycles. The van der Waals surface area contributed by atoms with E-state index in [1.807, 2.05) is 0 Å². The summed E-state index contributed by atoms with van der Waals surface area (Å²) in [6.45, 7) is 0.642. The highest BCUT2D eigenvalue weighted by molar-refractivity contribution is 6.39. The molecular weight excluding hydrogens is 138 g/mol. The molecule has 0 radical (unpaired) electrons. The van der Waals surface area contributed by atoms with Gasteiger partial charge in [0.1, 0.15) is 0 Å². The van der Waals surface area contributed by atoms with Gasteiger partial charge in [0, 0.05) is 18.0 Å². The highest BCUT2D eigenvalue weighted by Crippen LogP contribution is 2.10. The molecule has 0 N–H and O–H groups in total. The number of aliphatic imine (C=N–C) groups is 1. The second-order valence-electron chi connectivity index (χ2n) is 1.77. The van der Waals surface area contributed by atoms with E-state index in [9.17, 15) is 4.79 Å². The van der Waals surface area contributed by atoms with Gasteiger partial charge in [-0.25, -0.2) is 0 Å². The van der Waals surface area contributed by atoms with E-state index in [0.29, 0.717) is 23.6 Å². The molecule has 1 aliphatic heterocycles. The van der Waals surface area contributed by atoms with Gasteiger partial charge in [-0.15, -0.1) is 0 Å². The number of allylic oxidation sites excluding steroid dienone is 1. The molecule has 0 atom stereocenters. The number of aldehydes is 1. The third-order valence-corrected chi connectivity index (χ3v) is 1.37. The SMILES string of the molecule is O=CC1=NCCC(Cl)=C1. The zero-order valence-corrected chi connectivity index (χ0v) is 5.56. The number of nitrogens with zero attached hydrogens (tertiary/aromatic N) is 1. The maximum absolute atomic E-state index is 10.1. The van der Waals surface area contributed by atoms with E-state index in [2.05, 4.69) is 4.99 Å². The smallest absolute Gasteiger partial charge is 0.168 e. The summed E-state index contributed by atoms with van der Waals surface area (Å²) in [5, 5.41) is 0.715. The van der Waals surface area contributed by atoms with Gasteiger partial charge in [0.15, 0.2) is 6.29 Å². The van der Waals surface area contributed by atoms with Gasteiger partial charge in [0.2, 0.25) is 0 Å². The Hall–Kier alpha value is -0.630. The Kier molecular flexibility index (Phi) is 2.01. The van der Waals surface area contributed by atoms with E-state index >= 15 is 0 Å². The van der Waals surface area contributed by atoms with Crippen LogP contribution in [0.1, 0.15) is 6.42 Å². The molecule has 0 saturated heterocycles. The van der Waals surface area contributed by atoms with Crippen LogP contribution < -0.4 is 0 Å². The van der Waals surface area contributed by atoms with E-state index in [0.717, 1.165) is 6.42 Å². The van der Waals surface area contributed by atoms with Gasteiger partial charge < -0.3 is 0 Å². The number of hydrogen-bond donors (Lipinski definition) is 0. The third-order valence-electron chi connectivity index (χ3n) is 1.07. The van der Waals surface area contributed by atoms with Crippen LogP contribution in [0.5, 0.6) is 0 Å². The lowest BCUT2D eigenvalue weighted by Gasteiger charge is -2.01. The molecule has 48 valence electrons. The Labute approximate surface area is 58.2 Å². The topological polar surface area (TPSA) is 29.4 Å². The van der Waals surface area contributed by atoms with Crippen molar-refractivity contribution in [2.75, 3.05) is 6.54 Å². The minimum absolute atomic E-state index is 0.450. The van der Waals surface area contributed by atoms with E-state index in [-0.39, 0.29) is 0 Å². The molecule has 0 bridgehead atoms. The average Bonchev–Trinajstić information content (AvgIpc) is 1.88. The Morgan fingerprint density at radius 3 is 3.00 bits per heavy atom. The predicted octanol–water partition coefficient (Wildman–Crippen LogP) is 1.15. The summed E-state index contributed by atoms with van der Waals surface area (Å²) >= 11 is 5.61. The molecule has 0 spiro atoms. The largest absolute Gasteiger partial charge is 0.296 e. The van der Waals surface area contributed by atoms with Crippen LogP contribution in [0, 0.1) is 0 Å². The van der Waals surface area contributed by atoms with Crippen molar-refractivity contribution in [3.63, 3.8) is 0 Å². The zero-order valence-electron chi connectivity index (χ0n) is 4.80. The van der Waals surface area contributed by atoms with Crippen LogP contribution >= 0.6 is 11.6 Å². The summed E-state index contributed by atoms with van der Waals surface area (Å²) < 4.78 is 0. The molecule has 0 fully saturated rings. The van der Waals surface area contributed by atoms with E-state index < -0.39 is 0 Å². The van der Waals surface area contributed by atoms with E-state index in [1.165, 1.54) is 0 Å². The van der Waals surface area contributed by atoms with Gasteiger partial charge in [0.25, 0.3) is 0 Å². The quantitative estimate of drug-likeness (QED) is 0.507. The summed E-state index contributed by atoms with van der Waals surface area (Å²) in [7, 11) is 0. The van der Waals surface area contributed by atoms with Crippen LogP contribution in [-0.2, 0) is 4.79 Å². The van der Waals surface area contributed by atoms with Gasteiger partial charge in [0.05, 0.1) is 5.71 Å². The van der Waals surface area contributed by atoms with Crippen molar-refractivity contribution in [3.8, 4) is 0 Å². The molecule has 0 amide bonds. The standard InChI is InChI=1S/C6H6ClNO/c7-5-1-2-8-6(3-5)4-9/h3-4H,1-2H2. The molecule has 1 aliphatic rings. The van der Waals surface area contributed by atoms with Crippen molar-refractivity contribution >= 4 is 23.6 Å². The molecular formula is C6H6ClNO.